The van der Waals surface area contributed by atoms with E-state index in [1.54, 1.807) is 6.92 Å². The predicted molar refractivity (Wildman–Crippen MR) is 94.1 cm³/mol. The van der Waals surface area contributed by atoms with Gasteiger partial charge < -0.3 is 0 Å². The molecule has 116 valence electrons. The average molecular weight is 324 g/mol. The largest absolute Gasteiger partial charge is 0.298 e. The molecular weight excluding hydrogens is 308 g/mol. The third-order valence-corrected chi connectivity index (χ3v) is 5.12. The standard InChI is InChI=1S/C18H16N2O2S/c1-13(21)18(2)16(22)19-17(23-18)20(14-9-5-3-6-10-14)15-11-7-4-8-12-15/h3-12H,1-2H3/t18-/m1/s1. The van der Waals surface area contributed by atoms with Crippen molar-refractivity contribution in [3.8, 4) is 0 Å². The van der Waals surface area contributed by atoms with Crippen molar-refractivity contribution in [1.29, 1.82) is 0 Å². The number of thioether (sulfide) groups is 1. The van der Waals surface area contributed by atoms with E-state index in [0.717, 1.165) is 11.4 Å². The highest BCUT2D eigenvalue weighted by Gasteiger charge is 2.47. The molecular formula is C18H16N2O2S. The summed E-state index contributed by atoms with van der Waals surface area (Å²) < 4.78 is -1.14. The maximum Gasteiger partial charge on any atom is 0.272 e. The summed E-state index contributed by atoms with van der Waals surface area (Å²) in [5, 5.41) is 0.519. The average Bonchev–Trinajstić information content (AvgIpc) is 2.86. The van der Waals surface area contributed by atoms with Crippen LogP contribution in [-0.4, -0.2) is 21.6 Å². The molecule has 0 N–H and O–H groups in total. The van der Waals surface area contributed by atoms with Crippen molar-refractivity contribution in [2.75, 3.05) is 4.90 Å². The Balaban J connectivity index is 2.06. The molecule has 0 unspecified atom stereocenters. The Morgan fingerprint density at radius 1 is 1.00 bits per heavy atom. The van der Waals surface area contributed by atoms with Crippen LogP contribution in [0, 0.1) is 0 Å². The van der Waals surface area contributed by atoms with Gasteiger partial charge in [-0.3, -0.25) is 14.5 Å². The lowest BCUT2D eigenvalue weighted by atomic mass is 10.1. The highest BCUT2D eigenvalue weighted by Crippen LogP contribution is 2.40. The van der Waals surface area contributed by atoms with Crippen LogP contribution in [0.15, 0.2) is 65.7 Å². The topological polar surface area (TPSA) is 49.7 Å². The summed E-state index contributed by atoms with van der Waals surface area (Å²) in [6.45, 7) is 3.06. The minimum absolute atomic E-state index is 0.188. The zero-order valence-electron chi connectivity index (χ0n) is 12.9. The molecule has 2 aromatic carbocycles. The number of Topliss-reactive ketones (excluding diaryl/α,β-unsaturated/α-hetero) is 1. The second kappa shape index (κ2) is 6.01. The molecule has 0 fully saturated rings. The van der Waals surface area contributed by atoms with Crippen LogP contribution in [0.2, 0.25) is 0 Å². The molecule has 1 atom stereocenters. The predicted octanol–water partition coefficient (Wildman–Crippen LogP) is 3.80. The fourth-order valence-corrected chi connectivity index (χ4v) is 3.36. The number of ketones is 1. The lowest BCUT2D eigenvalue weighted by Crippen LogP contribution is -2.35. The number of hydrogen-bond donors (Lipinski definition) is 0. The maximum absolute atomic E-state index is 12.3. The van der Waals surface area contributed by atoms with Crippen molar-refractivity contribution < 1.29 is 9.59 Å². The lowest BCUT2D eigenvalue weighted by molar-refractivity contribution is -0.127. The number of amides is 1. The molecule has 0 saturated heterocycles. The number of hydrogen-bond acceptors (Lipinski definition) is 4. The van der Waals surface area contributed by atoms with E-state index in [-0.39, 0.29) is 5.78 Å². The van der Waals surface area contributed by atoms with E-state index >= 15 is 0 Å². The van der Waals surface area contributed by atoms with Gasteiger partial charge in [0, 0.05) is 11.4 Å². The van der Waals surface area contributed by atoms with Crippen LogP contribution in [0.5, 0.6) is 0 Å². The monoisotopic (exact) mass is 324 g/mol. The number of carbonyl (C=O) groups is 2. The molecule has 0 aliphatic carbocycles. The lowest BCUT2D eigenvalue weighted by Gasteiger charge is -2.25. The molecule has 5 heteroatoms. The van der Waals surface area contributed by atoms with Crippen LogP contribution in [0.1, 0.15) is 13.8 Å². The van der Waals surface area contributed by atoms with Crippen LogP contribution < -0.4 is 4.90 Å². The van der Waals surface area contributed by atoms with E-state index in [1.165, 1.54) is 18.7 Å². The Labute approximate surface area is 139 Å². The highest BCUT2D eigenvalue weighted by atomic mass is 32.2. The number of nitrogens with zero attached hydrogens (tertiary/aromatic N) is 2. The molecule has 2 aromatic rings. The molecule has 1 aliphatic rings. The first-order chi connectivity index (χ1) is 11.0. The van der Waals surface area contributed by atoms with Crippen molar-refractivity contribution in [2.45, 2.75) is 18.6 Å². The van der Waals surface area contributed by atoms with Gasteiger partial charge in [0.15, 0.2) is 15.7 Å². The summed E-state index contributed by atoms with van der Waals surface area (Å²) in [5.41, 5.74) is 1.79. The van der Waals surface area contributed by atoms with E-state index in [2.05, 4.69) is 4.99 Å². The molecule has 1 aliphatic heterocycles. The first kappa shape index (κ1) is 15.5. The van der Waals surface area contributed by atoms with Crippen molar-refractivity contribution in [3.05, 3.63) is 60.7 Å². The first-order valence-corrected chi connectivity index (χ1v) is 8.07. The summed E-state index contributed by atoms with van der Waals surface area (Å²) in [6.07, 6.45) is 0. The van der Waals surface area contributed by atoms with Crippen LogP contribution in [-0.2, 0) is 9.59 Å². The molecule has 4 nitrogen and oxygen atoms in total. The van der Waals surface area contributed by atoms with Gasteiger partial charge in [-0.2, -0.15) is 4.99 Å². The molecule has 0 aromatic heterocycles. The van der Waals surface area contributed by atoms with Crippen molar-refractivity contribution in [3.63, 3.8) is 0 Å². The number of benzene rings is 2. The van der Waals surface area contributed by atoms with Crippen LogP contribution in [0.3, 0.4) is 0 Å². The van der Waals surface area contributed by atoms with Gasteiger partial charge in [-0.25, -0.2) is 0 Å². The van der Waals surface area contributed by atoms with E-state index in [4.69, 9.17) is 0 Å². The highest BCUT2D eigenvalue weighted by molar-refractivity contribution is 8.17. The number of para-hydroxylation sites is 2. The van der Waals surface area contributed by atoms with Gasteiger partial charge in [-0.05, 0) is 38.1 Å². The van der Waals surface area contributed by atoms with Gasteiger partial charge >= 0.3 is 0 Å². The number of anilines is 2. The van der Waals surface area contributed by atoms with Crippen LogP contribution in [0.25, 0.3) is 0 Å². The van der Waals surface area contributed by atoms with Crippen LogP contribution in [0.4, 0.5) is 11.4 Å². The molecule has 0 spiro atoms. The Hall–Kier alpha value is -2.40. The Bertz CT molecular complexity index is 735. The minimum atomic E-state index is -1.14. The zero-order valence-corrected chi connectivity index (χ0v) is 13.7. The number of rotatable bonds is 3. The number of carbonyl (C=O) groups excluding carboxylic acids is 2. The van der Waals surface area contributed by atoms with Gasteiger partial charge in [-0.1, -0.05) is 48.2 Å². The maximum atomic E-state index is 12.3. The van der Waals surface area contributed by atoms with Crippen molar-refractivity contribution >= 4 is 40.0 Å². The van der Waals surface area contributed by atoms with Gasteiger partial charge in [-0.15, -0.1) is 0 Å². The molecule has 0 bridgehead atoms. The van der Waals surface area contributed by atoms with E-state index in [9.17, 15) is 9.59 Å². The van der Waals surface area contributed by atoms with E-state index < -0.39 is 10.7 Å². The zero-order chi connectivity index (χ0) is 16.4. The molecule has 1 heterocycles. The molecule has 0 saturated carbocycles. The summed E-state index contributed by atoms with van der Waals surface area (Å²) in [7, 11) is 0. The summed E-state index contributed by atoms with van der Waals surface area (Å²) in [6, 6.07) is 19.4. The number of amidine groups is 1. The fraction of sp³-hybridized carbons (Fsp3) is 0.167. The second-order valence-corrected chi connectivity index (χ2v) is 6.78. The number of aliphatic imine (C=N–C) groups is 1. The third kappa shape index (κ3) is 2.80. The van der Waals surface area contributed by atoms with Crippen molar-refractivity contribution in [1.82, 2.24) is 0 Å². The SMILES string of the molecule is CC(=O)[C@@]1(C)SC(N(c2ccccc2)c2ccccc2)=NC1=O. The normalized spacial score (nSPS) is 20.3. The van der Waals surface area contributed by atoms with E-state index in [1.807, 2.05) is 65.6 Å². The Kier molecular flexibility index (Phi) is 4.05. The van der Waals surface area contributed by atoms with Crippen molar-refractivity contribution in [2.24, 2.45) is 4.99 Å². The van der Waals surface area contributed by atoms with Gasteiger partial charge in [0.1, 0.15) is 0 Å². The Morgan fingerprint density at radius 2 is 1.48 bits per heavy atom. The van der Waals surface area contributed by atoms with Gasteiger partial charge in [0.2, 0.25) is 0 Å². The van der Waals surface area contributed by atoms with Gasteiger partial charge in [0.05, 0.1) is 0 Å². The summed E-state index contributed by atoms with van der Waals surface area (Å²) >= 11 is 1.20. The molecule has 1 amide bonds. The van der Waals surface area contributed by atoms with E-state index in [0.29, 0.717) is 5.17 Å². The van der Waals surface area contributed by atoms with Crippen LogP contribution >= 0.6 is 11.8 Å². The second-order valence-electron chi connectivity index (χ2n) is 5.40. The fourth-order valence-electron chi connectivity index (χ4n) is 2.28. The third-order valence-electron chi connectivity index (χ3n) is 3.79. The Morgan fingerprint density at radius 3 is 1.87 bits per heavy atom. The smallest absolute Gasteiger partial charge is 0.272 e. The van der Waals surface area contributed by atoms with Gasteiger partial charge in [0.25, 0.3) is 5.91 Å². The summed E-state index contributed by atoms with van der Waals surface area (Å²) in [4.78, 5) is 30.2. The minimum Gasteiger partial charge on any atom is -0.298 e. The molecule has 0 radical (unpaired) electrons. The quantitative estimate of drug-likeness (QED) is 0.806. The summed E-state index contributed by atoms with van der Waals surface area (Å²) in [5.74, 6) is -0.589. The molecule has 3 rings (SSSR count). The first-order valence-electron chi connectivity index (χ1n) is 7.26. The molecule has 23 heavy (non-hydrogen) atoms.